The van der Waals surface area contributed by atoms with Crippen LogP contribution in [0, 0.1) is 29.6 Å². The van der Waals surface area contributed by atoms with E-state index in [1.54, 1.807) is 4.90 Å². The standard InChI is InChI=1S/C28H44N2O4/c31-25(18-20-3-1-4-20)19-21-5-2-6-24(17-21)22-7-9-23(10-8-22)26(32)29-13-15-30(16-14-29)27(33)28(34)11-12-28/h20-24,34H,1-19H2. The van der Waals surface area contributed by atoms with Gasteiger partial charge in [-0.1, -0.05) is 38.5 Å². The van der Waals surface area contributed by atoms with E-state index in [0.29, 0.717) is 56.6 Å². The number of hydrogen-bond donors (Lipinski definition) is 1. The molecule has 5 fully saturated rings. The van der Waals surface area contributed by atoms with Crippen LogP contribution in [0.4, 0.5) is 0 Å². The highest BCUT2D eigenvalue weighted by atomic mass is 16.3. The van der Waals surface area contributed by atoms with E-state index in [-0.39, 0.29) is 17.7 Å². The summed E-state index contributed by atoms with van der Waals surface area (Å²) in [6.45, 7) is 2.29. The third-order valence-corrected chi connectivity index (χ3v) is 9.87. The summed E-state index contributed by atoms with van der Waals surface area (Å²) in [5.41, 5.74) is -1.10. The monoisotopic (exact) mass is 472 g/mol. The number of carbonyl (C=O) groups excluding carboxylic acids is 3. The topological polar surface area (TPSA) is 77.9 Å². The van der Waals surface area contributed by atoms with E-state index in [2.05, 4.69) is 0 Å². The first kappa shape index (κ1) is 24.3. The molecular weight excluding hydrogens is 428 g/mol. The van der Waals surface area contributed by atoms with E-state index in [1.165, 1.54) is 44.9 Å². The zero-order valence-electron chi connectivity index (χ0n) is 20.9. The Morgan fingerprint density at radius 3 is 1.91 bits per heavy atom. The van der Waals surface area contributed by atoms with Gasteiger partial charge in [-0.25, -0.2) is 0 Å². The van der Waals surface area contributed by atoms with Gasteiger partial charge < -0.3 is 14.9 Å². The zero-order chi connectivity index (χ0) is 23.7. The molecule has 0 aromatic rings. The molecule has 0 spiro atoms. The molecule has 6 heteroatoms. The van der Waals surface area contributed by atoms with Gasteiger partial charge in [-0.05, 0) is 68.6 Å². The number of carbonyl (C=O) groups is 3. The fraction of sp³-hybridized carbons (Fsp3) is 0.893. The maximum Gasteiger partial charge on any atom is 0.254 e. The molecule has 2 unspecified atom stereocenters. The van der Waals surface area contributed by atoms with Crippen molar-refractivity contribution in [2.24, 2.45) is 29.6 Å². The summed E-state index contributed by atoms with van der Waals surface area (Å²) in [6, 6.07) is 0. The van der Waals surface area contributed by atoms with Crippen molar-refractivity contribution in [3.05, 3.63) is 0 Å². The highest BCUT2D eigenvalue weighted by Crippen LogP contribution is 2.43. The van der Waals surface area contributed by atoms with Crippen molar-refractivity contribution in [3.63, 3.8) is 0 Å². The third-order valence-electron chi connectivity index (χ3n) is 9.87. The van der Waals surface area contributed by atoms with Gasteiger partial charge in [0.25, 0.3) is 5.91 Å². The minimum Gasteiger partial charge on any atom is -0.380 e. The van der Waals surface area contributed by atoms with Gasteiger partial charge in [0.1, 0.15) is 11.4 Å². The molecule has 1 aliphatic heterocycles. The molecule has 34 heavy (non-hydrogen) atoms. The van der Waals surface area contributed by atoms with Crippen LogP contribution in [0.25, 0.3) is 0 Å². The number of aliphatic hydroxyl groups is 1. The number of amides is 2. The van der Waals surface area contributed by atoms with Gasteiger partial charge >= 0.3 is 0 Å². The lowest BCUT2D eigenvalue weighted by molar-refractivity contribution is -0.148. The van der Waals surface area contributed by atoms with Crippen molar-refractivity contribution in [1.29, 1.82) is 0 Å². The third kappa shape index (κ3) is 5.52. The van der Waals surface area contributed by atoms with Crippen molar-refractivity contribution in [2.75, 3.05) is 26.2 Å². The molecule has 5 rings (SSSR count). The van der Waals surface area contributed by atoms with Crippen LogP contribution < -0.4 is 0 Å². The molecule has 0 aromatic carbocycles. The molecule has 4 aliphatic carbocycles. The lowest BCUT2D eigenvalue weighted by Gasteiger charge is -2.40. The first-order valence-corrected chi connectivity index (χ1v) is 14.2. The van der Waals surface area contributed by atoms with Crippen LogP contribution in [0.2, 0.25) is 0 Å². The van der Waals surface area contributed by atoms with Crippen molar-refractivity contribution >= 4 is 17.6 Å². The summed E-state index contributed by atoms with van der Waals surface area (Å²) >= 11 is 0. The predicted octanol–water partition coefficient (Wildman–Crippen LogP) is 3.94. The Morgan fingerprint density at radius 1 is 0.706 bits per heavy atom. The lowest BCUT2D eigenvalue weighted by Crippen LogP contribution is -2.54. The van der Waals surface area contributed by atoms with Gasteiger partial charge in [0, 0.05) is 44.9 Å². The number of piperazine rings is 1. The Bertz CT molecular complexity index is 758. The number of rotatable bonds is 7. The van der Waals surface area contributed by atoms with Gasteiger partial charge in [0.2, 0.25) is 5.91 Å². The molecule has 4 saturated carbocycles. The second-order valence-corrected chi connectivity index (χ2v) is 12.3. The molecule has 1 N–H and O–H groups in total. The molecule has 1 heterocycles. The number of Topliss-reactive ketones (excluding diaryl/α,β-unsaturated/α-hetero) is 1. The Labute approximate surface area is 204 Å². The van der Waals surface area contributed by atoms with Crippen molar-refractivity contribution < 1.29 is 19.5 Å². The van der Waals surface area contributed by atoms with E-state index in [0.717, 1.165) is 50.4 Å². The maximum absolute atomic E-state index is 13.1. The molecule has 2 amide bonds. The van der Waals surface area contributed by atoms with Crippen LogP contribution in [-0.2, 0) is 14.4 Å². The molecule has 190 valence electrons. The molecule has 1 saturated heterocycles. The van der Waals surface area contributed by atoms with Crippen LogP contribution >= 0.6 is 0 Å². The SMILES string of the molecule is O=C(CC1CCC1)CC1CCCC(C2CCC(C(=O)N3CCN(C(=O)C4(O)CC4)CC3)CC2)C1. The highest BCUT2D eigenvalue weighted by Gasteiger charge is 2.50. The Morgan fingerprint density at radius 2 is 1.29 bits per heavy atom. The van der Waals surface area contributed by atoms with E-state index in [4.69, 9.17) is 0 Å². The van der Waals surface area contributed by atoms with Crippen LogP contribution in [-0.4, -0.2) is 64.3 Å². The minimum absolute atomic E-state index is 0.134. The highest BCUT2D eigenvalue weighted by molar-refractivity contribution is 5.88. The van der Waals surface area contributed by atoms with E-state index in [1.807, 2.05) is 4.90 Å². The Hall–Kier alpha value is -1.43. The van der Waals surface area contributed by atoms with Crippen LogP contribution in [0.5, 0.6) is 0 Å². The average Bonchev–Trinajstić information content (AvgIpc) is 3.59. The number of ketones is 1. The molecule has 0 radical (unpaired) electrons. The summed E-state index contributed by atoms with van der Waals surface area (Å²) < 4.78 is 0. The average molecular weight is 473 g/mol. The fourth-order valence-corrected chi connectivity index (χ4v) is 7.22. The summed E-state index contributed by atoms with van der Waals surface area (Å²) in [5, 5.41) is 10.1. The van der Waals surface area contributed by atoms with Gasteiger partial charge in [-0.15, -0.1) is 0 Å². The van der Waals surface area contributed by atoms with Crippen LogP contribution in [0.1, 0.15) is 96.3 Å². The van der Waals surface area contributed by atoms with Gasteiger partial charge in [0.15, 0.2) is 0 Å². The summed E-state index contributed by atoms with van der Waals surface area (Å²) in [5.74, 6) is 3.53. The zero-order valence-corrected chi connectivity index (χ0v) is 20.9. The van der Waals surface area contributed by atoms with Crippen molar-refractivity contribution in [2.45, 2.75) is 102 Å². The predicted molar refractivity (Wildman–Crippen MR) is 130 cm³/mol. The fourth-order valence-electron chi connectivity index (χ4n) is 7.22. The summed E-state index contributed by atoms with van der Waals surface area (Å²) in [7, 11) is 0. The van der Waals surface area contributed by atoms with Crippen LogP contribution in [0.3, 0.4) is 0 Å². The van der Waals surface area contributed by atoms with E-state index < -0.39 is 5.60 Å². The molecule has 6 nitrogen and oxygen atoms in total. The lowest BCUT2D eigenvalue weighted by atomic mass is 9.67. The molecule has 0 aromatic heterocycles. The first-order chi connectivity index (χ1) is 16.4. The minimum atomic E-state index is -1.10. The van der Waals surface area contributed by atoms with E-state index >= 15 is 0 Å². The normalized spacial score (nSPS) is 33.8. The molecule has 5 aliphatic rings. The summed E-state index contributed by atoms with van der Waals surface area (Å²) in [4.78, 5) is 41.7. The smallest absolute Gasteiger partial charge is 0.254 e. The second kappa shape index (κ2) is 10.3. The van der Waals surface area contributed by atoms with Gasteiger partial charge in [-0.3, -0.25) is 14.4 Å². The quantitative estimate of drug-likeness (QED) is 0.609. The Balaban J connectivity index is 1.03. The second-order valence-electron chi connectivity index (χ2n) is 12.3. The first-order valence-electron chi connectivity index (χ1n) is 14.2. The van der Waals surface area contributed by atoms with Gasteiger partial charge in [0.05, 0.1) is 0 Å². The van der Waals surface area contributed by atoms with Crippen molar-refractivity contribution in [1.82, 2.24) is 9.80 Å². The van der Waals surface area contributed by atoms with Gasteiger partial charge in [-0.2, -0.15) is 0 Å². The maximum atomic E-state index is 13.1. The number of hydrogen-bond acceptors (Lipinski definition) is 4. The van der Waals surface area contributed by atoms with Crippen molar-refractivity contribution in [3.8, 4) is 0 Å². The van der Waals surface area contributed by atoms with E-state index in [9.17, 15) is 19.5 Å². The van der Waals surface area contributed by atoms with Crippen LogP contribution in [0.15, 0.2) is 0 Å². The Kier molecular flexibility index (Phi) is 7.34. The molecular formula is C28H44N2O4. The summed E-state index contributed by atoms with van der Waals surface area (Å²) in [6.07, 6.45) is 15.9. The molecule has 0 bridgehead atoms. The molecule has 2 atom stereocenters. The number of nitrogens with zero attached hydrogens (tertiary/aromatic N) is 2. The largest absolute Gasteiger partial charge is 0.380 e.